The number of alkyl halides is 2. The molecule has 2 saturated heterocycles. The van der Waals surface area contributed by atoms with Crippen LogP contribution in [0.15, 0.2) is 30.3 Å². The Morgan fingerprint density at radius 1 is 1.19 bits per heavy atom. The summed E-state index contributed by atoms with van der Waals surface area (Å²) in [6, 6.07) is 9.30. The Labute approximate surface area is 122 Å². The third-order valence-electron chi connectivity index (χ3n) is 4.27. The molecule has 21 heavy (non-hydrogen) atoms. The maximum absolute atomic E-state index is 14.0. The summed E-state index contributed by atoms with van der Waals surface area (Å²) in [6.07, 6.45) is -0.519. The molecule has 2 aliphatic rings. The topological polar surface area (TPSA) is 32.8 Å². The zero-order valence-electron chi connectivity index (χ0n) is 11.9. The molecule has 1 aromatic rings. The standard InChI is InChI=1S/C15H18F2N2O2/c1-18-8-14(15(16,17)11-18)9-19(10-14)13(20)21-7-12-5-3-2-4-6-12/h2-6H,7-11H2,1H3. The van der Waals surface area contributed by atoms with Crippen LogP contribution in [-0.2, 0) is 11.3 Å². The quantitative estimate of drug-likeness (QED) is 0.839. The molecule has 4 nitrogen and oxygen atoms in total. The van der Waals surface area contributed by atoms with Crippen molar-refractivity contribution < 1.29 is 18.3 Å². The predicted octanol–water partition coefficient (Wildman–Crippen LogP) is 2.21. The van der Waals surface area contributed by atoms with Crippen molar-refractivity contribution in [2.75, 3.05) is 33.2 Å². The summed E-state index contributed by atoms with van der Waals surface area (Å²) in [4.78, 5) is 14.9. The molecule has 2 heterocycles. The molecule has 2 fully saturated rings. The molecule has 2 aliphatic heterocycles. The molecule has 0 aliphatic carbocycles. The zero-order valence-corrected chi connectivity index (χ0v) is 11.9. The molecule has 0 aromatic heterocycles. The van der Waals surface area contributed by atoms with Crippen LogP contribution in [0, 0.1) is 5.41 Å². The molecule has 6 heteroatoms. The summed E-state index contributed by atoms with van der Waals surface area (Å²) in [5, 5.41) is 0. The Hall–Kier alpha value is -1.69. The molecule has 1 spiro atoms. The molecular formula is C15H18F2N2O2. The maximum Gasteiger partial charge on any atom is 0.410 e. The summed E-state index contributed by atoms with van der Waals surface area (Å²) < 4.78 is 33.1. The van der Waals surface area contributed by atoms with Gasteiger partial charge in [-0.1, -0.05) is 30.3 Å². The van der Waals surface area contributed by atoms with Crippen LogP contribution in [-0.4, -0.2) is 55.0 Å². The number of amides is 1. The summed E-state index contributed by atoms with van der Waals surface area (Å²) in [6.45, 7) is 0.387. The smallest absolute Gasteiger partial charge is 0.410 e. The van der Waals surface area contributed by atoms with Gasteiger partial charge in [0.15, 0.2) is 0 Å². The van der Waals surface area contributed by atoms with E-state index in [-0.39, 0.29) is 26.2 Å². The zero-order chi connectivity index (χ0) is 15.1. The Morgan fingerprint density at radius 3 is 2.43 bits per heavy atom. The van der Waals surface area contributed by atoms with Crippen LogP contribution in [0.3, 0.4) is 0 Å². The van der Waals surface area contributed by atoms with Crippen molar-refractivity contribution in [1.29, 1.82) is 0 Å². The van der Waals surface area contributed by atoms with Crippen molar-refractivity contribution in [1.82, 2.24) is 9.80 Å². The van der Waals surface area contributed by atoms with Gasteiger partial charge in [-0.25, -0.2) is 13.6 Å². The van der Waals surface area contributed by atoms with Gasteiger partial charge in [-0.15, -0.1) is 0 Å². The first-order chi connectivity index (χ1) is 9.92. The molecule has 0 radical (unpaired) electrons. The average molecular weight is 296 g/mol. The molecule has 1 amide bonds. The van der Waals surface area contributed by atoms with Gasteiger partial charge in [0, 0.05) is 19.6 Å². The number of carbonyl (C=O) groups excluding carboxylic acids is 1. The van der Waals surface area contributed by atoms with E-state index < -0.39 is 17.4 Å². The highest BCUT2D eigenvalue weighted by Crippen LogP contribution is 2.49. The van der Waals surface area contributed by atoms with Crippen LogP contribution in [0.4, 0.5) is 13.6 Å². The van der Waals surface area contributed by atoms with E-state index in [9.17, 15) is 13.6 Å². The van der Waals surface area contributed by atoms with Crippen molar-refractivity contribution in [2.24, 2.45) is 5.41 Å². The second kappa shape index (κ2) is 4.94. The Bertz CT molecular complexity index is 530. The molecular weight excluding hydrogens is 278 g/mol. The maximum atomic E-state index is 14.0. The van der Waals surface area contributed by atoms with Gasteiger partial charge in [-0.3, -0.25) is 4.90 Å². The van der Waals surface area contributed by atoms with Crippen LogP contribution in [0.1, 0.15) is 5.56 Å². The van der Waals surface area contributed by atoms with E-state index in [2.05, 4.69) is 0 Å². The lowest BCUT2D eigenvalue weighted by atomic mass is 9.76. The monoisotopic (exact) mass is 296 g/mol. The third-order valence-corrected chi connectivity index (χ3v) is 4.27. The van der Waals surface area contributed by atoms with Gasteiger partial charge in [0.05, 0.1) is 12.0 Å². The molecule has 0 bridgehead atoms. The van der Waals surface area contributed by atoms with Crippen molar-refractivity contribution >= 4 is 6.09 Å². The average Bonchev–Trinajstić information content (AvgIpc) is 2.64. The van der Waals surface area contributed by atoms with Gasteiger partial charge in [0.25, 0.3) is 5.92 Å². The fourth-order valence-electron chi connectivity index (χ4n) is 3.15. The van der Waals surface area contributed by atoms with Gasteiger partial charge in [-0.2, -0.15) is 0 Å². The van der Waals surface area contributed by atoms with Gasteiger partial charge in [-0.05, 0) is 12.6 Å². The summed E-state index contributed by atoms with van der Waals surface area (Å²) in [7, 11) is 1.68. The highest BCUT2D eigenvalue weighted by Gasteiger charge is 2.65. The van der Waals surface area contributed by atoms with Crippen LogP contribution >= 0.6 is 0 Å². The van der Waals surface area contributed by atoms with E-state index >= 15 is 0 Å². The number of hydrogen-bond acceptors (Lipinski definition) is 3. The Morgan fingerprint density at radius 2 is 1.86 bits per heavy atom. The highest BCUT2D eigenvalue weighted by molar-refractivity contribution is 5.69. The summed E-state index contributed by atoms with van der Waals surface area (Å²) >= 11 is 0. The number of rotatable bonds is 2. The van der Waals surface area contributed by atoms with E-state index in [0.717, 1.165) is 5.56 Å². The highest BCUT2D eigenvalue weighted by atomic mass is 19.3. The first-order valence-corrected chi connectivity index (χ1v) is 6.94. The Kier molecular flexibility index (Phi) is 3.36. The number of carbonyl (C=O) groups is 1. The minimum atomic E-state index is -2.74. The van der Waals surface area contributed by atoms with Crippen LogP contribution in [0.5, 0.6) is 0 Å². The predicted molar refractivity (Wildman–Crippen MR) is 73.1 cm³/mol. The molecule has 3 rings (SSSR count). The molecule has 114 valence electrons. The van der Waals surface area contributed by atoms with Crippen LogP contribution in [0.25, 0.3) is 0 Å². The van der Waals surface area contributed by atoms with Gasteiger partial charge >= 0.3 is 6.09 Å². The first kappa shape index (κ1) is 14.3. The molecule has 0 N–H and O–H groups in total. The third kappa shape index (κ3) is 2.48. The van der Waals surface area contributed by atoms with Gasteiger partial charge < -0.3 is 9.64 Å². The lowest BCUT2D eigenvalue weighted by molar-refractivity contribution is -0.148. The van der Waals surface area contributed by atoms with Gasteiger partial charge in [0.1, 0.15) is 6.61 Å². The summed E-state index contributed by atoms with van der Waals surface area (Å²) in [5.74, 6) is -2.74. The fourth-order valence-corrected chi connectivity index (χ4v) is 3.15. The van der Waals surface area contributed by atoms with Crippen LogP contribution < -0.4 is 0 Å². The number of benzene rings is 1. The number of nitrogens with zero attached hydrogens (tertiary/aromatic N) is 2. The fraction of sp³-hybridized carbons (Fsp3) is 0.533. The van der Waals surface area contributed by atoms with Crippen molar-refractivity contribution in [3.63, 3.8) is 0 Å². The second-order valence-corrected chi connectivity index (χ2v) is 6.05. The second-order valence-electron chi connectivity index (χ2n) is 6.05. The molecule has 0 saturated carbocycles. The minimum absolute atomic E-state index is 0.0674. The summed E-state index contributed by atoms with van der Waals surface area (Å²) in [5.41, 5.74) is -0.208. The van der Waals surface area contributed by atoms with Crippen molar-refractivity contribution in [3.05, 3.63) is 35.9 Å². The SMILES string of the molecule is CN1CC(F)(F)C2(C1)CN(C(=O)OCc1ccccc1)C2. The van der Waals surface area contributed by atoms with E-state index in [0.29, 0.717) is 6.54 Å². The number of likely N-dealkylation sites (tertiary alicyclic amines) is 2. The molecule has 0 unspecified atom stereocenters. The number of halogens is 2. The van der Waals surface area contributed by atoms with E-state index in [1.54, 1.807) is 11.9 Å². The van der Waals surface area contributed by atoms with E-state index in [1.807, 2.05) is 30.3 Å². The first-order valence-electron chi connectivity index (χ1n) is 6.94. The normalized spacial score (nSPS) is 23.1. The van der Waals surface area contributed by atoms with Crippen LogP contribution in [0.2, 0.25) is 0 Å². The van der Waals surface area contributed by atoms with Crippen molar-refractivity contribution in [2.45, 2.75) is 12.5 Å². The molecule has 1 aromatic carbocycles. The van der Waals surface area contributed by atoms with E-state index in [4.69, 9.17) is 4.74 Å². The Balaban J connectivity index is 1.53. The lowest BCUT2D eigenvalue weighted by Crippen LogP contribution is -2.65. The minimum Gasteiger partial charge on any atom is -0.445 e. The largest absolute Gasteiger partial charge is 0.445 e. The van der Waals surface area contributed by atoms with Crippen molar-refractivity contribution in [3.8, 4) is 0 Å². The number of hydrogen-bond donors (Lipinski definition) is 0. The van der Waals surface area contributed by atoms with E-state index in [1.165, 1.54) is 4.90 Å². The van der Waals surface area contributed by atoms with Gasteiger partial charge in [0.2, 0.25) is 0 Å². The lowest BCUT2D eigenvalue weighted by Gasteiger charge is -2.49. The molecule has 0 atom stereocenters. The number of ether oxygens (including phenoxy) is 1.